The Morgan fingerprint density at radius 3 is 2.70 bits per heavy atom. The van der Waals surface area contributed by atoms with E-state index in [-0.39, 0.29) is 30.7 Å². The summed E-state index contributed by atoms with van der Waals surface area (Å²) in [4.78, 5) is 15.1. The van der Waals surface area contributed by atoms with Crippen LogP contribution in [0.5, 0.6) is 17.2 Å². The number of aromatic nitrogens is 2. The van der Waals surface area contributed by atoms with Crippen molar-refractivity contribution in [3.8, 4) is 28.5 Å². The van der Waals surface area contributed by atoms with E-state index < -0.39 is 11.9 Å². The molecule has 0 spiro atoms. The molecule has 2 aliphatic rings. The van der Waals surface area contributed by atoms with Gasteiger partial charge in [0.05, 0.1) is 6.04 Å². The van der Waals surface area contributed by atoms with Crippen LogP contribution in [0.15, 0.2) is 66.7 Å². The smallest absolute Gasteiger partial charge is 0.273 e. The van der Waals surface area contributed by atoms with E-state index in [1.807, 2.05) is 12.1 Å². The van der Waals surface area contributed by atoms with Gasteiger partial charge in [0, 0.05) is 23.2 Å². The fourth-order valence-electron chi connectivity index (χ4n) is 4.50. The third-order valence-corrected chi connectivity index (χ3v) is 6.01. The highest BCUT2D eigenvalue weighted by atomic mass is 19.1. The van der Waals surface area contributed by atoms with Crippen LogP contribution in [0.2, 0.25) is 0 Å². The number of halogens is 1. The highest BCUT2D eigenvalue weighted by Crippen LogP contribution is 2.46. The summed E-state index contributed by atoms with van der Waals surface area (Å²) in [6.45, 7) is 0.372. The summed E-state index contributed by atoms with van der Waals surface area (Å²) in [5.41, 5.74) is 2.86. The first-order chi connectivity index (χ1) is 16.1. The number of aromatic amines is 1. The SMILES string of the molecule is O=C1c2[nH]nc(-c3ccccc3O)c2[C@H](c2ccccc2F)N1Cc1ccc2c(c1)OCO2. The lowest BCUT2D eigenvalue weighted by atomic mass is 9.95. The Balaban J connectivity index is 1.49. The molecule has 1 atom stereocenters. The molecule has 0 radical (unpaired) electrons. The summed E-state index contributed by atoms with van der Waals surface area (Å²) >= 11 is 0. The number of fused-ring (bicyclic) bond motifs is 2. The maximum Gasteiger partial charge on any atom is 0.273 e. The Kier molecular flexibility index (Phi) is 4.33. The van der Waals surface area contributed by atoms with E-state index in [2.05, 4.69) is 10.2 Å². The van der Waals surface area contributed by atoms with Crippen LogP contribution >= 0.6 is 0 Å². The molecule has 164 valence electrons. The number of phenols is 1. The Labute approximate surface area is 188 Å². The van der Waals surface area contributed by atoms with Gasteiger partial charge in [0.2, 0.25) is 6.79 Å². The van der Waals surface area contributed by atoms with Gasteiger partial charge in [0.1, 0.15) is 23.0 Å². The van der Waals surface area contributed by atoms with Gasteiger partial charge in [0.15, 0.2) is 11.5 Å². The number of carbonyl (C=O) groups excluding carboxylic acids is 1. The van der Waals surface area contributed by atoms with Crippen molar-refractivity contribution in [3.63, 3.8) is 0 Å². The number of nitrogens with one attached hydrogen (secondary N) is 1. The number of benzene rings is 3. The van der Waals surface area contributed by atoms with Crippen LogP contribution in [0.1, 0.15) is 33.2 Å². The fourth-order valence-corrected chi connectivity index (χ4v) is 4.50. The number of nitrogens with zero attached hydrogens (tertiary/aromatic N) is 2. The van der Waals surface area contributed by atoms with Crippen molar-refractivity contribution >= 4 is 5.91 Å². The predicted octanol–water partition coefficient (Wildman–Crippen LogP) is 4.40. The van der Waals surface area contributed by atoms with Crippen molar-refractivity contribution in [1.29, 1.82) is 0 Å². The Bertz CT molecular complexity index is 1400. The molecule has 33 heavy (non-hydrogen) atoms. The Morgan fingerprint density at radius 2 is 1.85 bits per heavy atom. The quantitative estimate of drug-likeness (QED) is 0.488. The van der Waals surface area contributed by atoms with Crippen molar-refractivity contribution in [1.82, 2.24) is 15.1 Å². The van der Waals surface area contributed by atoms with E-state index in [0.717, 1.165) is 5.56 Å². The molecule has 2 aliphatic heterocycles. The number of ether oxygens (including phenoxy) is 2. The summed E-state index contributed by atoms with van der Waals surface area (Å²) < 4.78 is 25.9. The third kappa shape index (κ3) is 3.02. The van der Waals surface area contributed by atoms with Gasteiger partial charge in [-0.25, -0.2) is 4.39 Å². The maximum atomic E-state index is 15.0. The van der Waals surface area contributed by atoms with E-state index >= 15 is 4.39 Å². The summed E-state index contributed by atoms with van der Waals surface area (Å²) in [6.07, 6.45) is 0. The predicted molar refractivity (Wildman–Crippen MR) is 116 cm³/mol. The van der Waals surface area contributed by atoms with Crippen LogP contribution in [0.4, 0.5) is 4.39 Å². The van der Waals surface area contributed by atoms with Crippen LogP contribution in [0, 0.1) is 5.82 Å². The topological polar surface area (TPSA) is 87.7 Å². The van der Waals surface area contributed by atoms with E-state index in [9.17, 15) is 9.90 Å². The molecule has 0 saturated heterocycles. The van der Waals surface area contributed by atoms with E-state index in [0.29, 0.717) is 33.9 Å². The lowest BCUT2D eigenvalue weighted by Crippen LogP contribution is -2.29. The first-order valence-corrected chi connectivity index (χ1v) is 10.4. The van der Waals surface area contributed by atoms with Crippen molar-refractivity contribution in [2.45, 2.75) is 12.6 Å². The average molecular weight is 443 g/mol. The molecule has 0 aliphatic carbocycles. The number of hydrogen-bond donors (Lipinski definition) is 2. The van der Waals surface area contributed by atoms with E-state index in [4.69, 9.17) is 9.47 Å². The standard InChI is InChI=1S/C25H18FN3O4/c26-17-7-3-1-5-15(17)24-21-22(16-6-2-4-8-18(16)30)27-28-23(21)25(31)29(24)12-14-9-10-19-20(11-14)33-13-32-19/h1-11,24,30H,12-13H2,(H,27,28)/t24-/m0/s1. The van der Waals surface area contributed by atoms with Crippen molar-refractivity contribution in [3.05, 3.63) is 94.9 Å². The van der Waals surface area contributed by atoms with Crippen molar-refractivity contribution < 1.29 is 23.8 Å². The molecule has 0 unspecified atom stereocenters. The van der Waals surface area contributed by atoms with Gasteiger partial charge in [-0.05, 0) is 35.9 Å². The Hall–Kier alpha value is -4.33. The number of hydrogen-bond acceptors (Lipinski definition) is 5. The monoisotopic (exact) mass is 443 g/mol. The fraction of sp³-hybridized carbons (Fsp3) is 0.120. The highest BCUT2D eigenvalue weighted by Gasteiger charge is 2.43. The number of aromatic hydroxyl groups is 1. The second kappa shape index (κ2) is 7.37. The van der Waals surface area contributed by atoms with Gasteiger partial charge in [0.25, 0.3) is 5.91 Å². The molecule has 3 heterocycles. The number of para-hydroxylation sites is 1. The first kappa shape index (κ1) is 19.4. The van der Waals surface area contributed by atoms with Gasteiger partial charge in [-0.3, -0.25) is 9.89 Å². The third-order valence-electron chi connectivity index (χ3n) is 6.01. The minimum absolute atomic E-state index is 0.0285. The zero-order valence-corrected chi connectivity index (χ0v) is 17.3. The normalized spacial score (nSPS) is 16.3. The molecule has 2 N–H and O–H groups in total. The molecule has 0 bridgehead atoms. The number of rotatable bonds is 4. The van der Waals surface area contributed by atoms with Crippen LogP contribution in [-0.4, -0.2) is 32.9 Å². The molecular formula is C25H18FN3O4. The zero-order chi connectivity index (χ0) is 22.5. The molecule has 4 aromatic rings. The van der Waals surface area contributed by atoms with Crippen LogP contribution in [0.3, 0.4) is 0 Å². The highest BCUT2D eigenvalue weighted by molar-refractivity contribution is 6.00. The lowest BCUT2D eigenvalue weighted by molar-refractivity contribution is 0.0728. The van der Waals surface area contributed by atoms with E-state index in [1.165, 1.54) is 6.07 Å². The largest absolute Gasteiger partial charge is 0.507 e. The van der Waals surface area contributed by atoms with Gasteiger partial charge in [-0.15, -0.1) is 0 Å². The van der Waals surface area contributed by atoms with E-state index in [1.54, 1.807) is 53.4 Å². The molecule has 0 saturated carbocycles. The lowest BCUT2D eigenvalue weighted by Gasteiger charge is -2.27. The molecule has 1 aromatic heterocycles. The summed E-state index contributed by atoms with van der Waals surface area (Å²) in [5.74, 6) is 0.555. The van der Waals surface area contributed by atoms with Crippen molar-refractivity contribution in [2.75, 3.05) is 6.79 Å². The van der Waals surface area contributed by atoms with Crippen LogP contribution < -0.4 is 9.47 Å². The summed E-state index contributed by atoms with van der Waals surface area (Å²) in [6, 6.07) is 17.9. The molecule has 3 aromatic carbocycles. The maximum absolute atomic E-state index is 15.0. The van der Waals surface area contributed by atoms with Crippen molar-refractivity contribution in [2.24, 2.45) is 0 Å². The van der Waals surface area contributed by atoms with Gasteiger partial charge >= 0.3 is 0 Å². The Morgan fingerprint density at radius 1 is 1.06 bits per heavy atom. The number of phenolic OH excluding ortho intramolecular Hbond substituents is 1. The molecule has 6 rings (SSSR count). The zero-order valence-electron chi connectivity index (χ0n) is 17.3. The van der Waals surface area contributed by atoms with Gasteiger partial charge in [-0.1, -0.05) is 36.4 Å². The van der Waals surface area contributed by atoms with Crippen LogP contribution in [0.25, 0.3) is 11.3 Å². The summed E-state index contributed by atoms with van der Waals surface area (Å²) in [7, 11) is 0. The second-order valence-corrected chi connectivity index (χ2v) is 7.92. The molecule has 0 fully saturated rings. The molecule has 8 heteroatoms. The molecule has 1 amide bonds. The minimum Gasteiger partial charge on any atom is -0.507 e. The first-order valence-electron chi connectivity index (χ1n) is 10.4. The van der Waals surface area contributed by atoms with Crippen LogP contribution in [-0.2, 0) is 6.54 Å². The summed E-state index contributed by atoms with van der Waals surface area (Å²) in [5, 5.41) is 17.6. The average Bonchev–Trinajstić information content (AvgIpc) is 3.52. The number of H-pyrrole nitrogens is 1. The molecule has 7 nitrogen and oxygen atoms in total. The number of amides is 1. The second-order valence-electron chi connectivity index (χ2n) is 7.92. The van der Waals surface area contributed by atoms with Gasteiger partial charge < -0.3 is 19.5 Å². The molecular weight excluding hydrogens is 425 g/mol. The minimum atomic E-state index is -0.729. The number of carbonyl (C=O) groups is 1. The van der Waals surface area contributed by atoms with Gasteiger partial charge in [-0.2, -0.15) is 5.10 Å².